The molecule has 0 bridgehead atoms. The molecule has 122 valence electrons. The molecule has 0 radical (unpaired) electrons. The summed E-state index contributed by atoms with van der Waals surface area (Å²) in [5.41, 5.74) is -0.692. The topological polar surface area (TPSA) is 49.3 Å². The van der Waals surface area contributed by atoms with Crippen LogP contribution in [0.15, 0.2) is 59.5 Å². The minimum absolute atomic E-state index is 0.0666. The van der Waals surface area contributed by atoms with Gasteiger partial charge in [0.15, 0.2) is 0 Å². The summed E-state index contributed by atoms with van der Waals surface area (Å²) in [6, 6.07) is 15.3. The third-order valence-electron chi connectivity index (χ3n) is 3.50. The summed E-state index contributed by atoms with van der Waals surface area (Å²) in [4.78, 5) is 13.2. The third kappa shape index (κ3) is 5.08. The average molecular weight is 333 g/mol. The molecule has 1 amide bonds. The zero-order valence-electron chi connectivity index (χ0n) is 13.1. The van der Waals surface area contributed by atoms with E-state index in [9.17, 15) is 14.3 Å². The maximum Gasteiger partial charge on any atom is 0.233 e. The molecule has 0 fully saturated rings. The maximum absolute atomic E-state index is 12.9. The Morgan fingerprint density at radius 3 is 2.43 bits per heavy atom. The van der Waals surface area contributed by atoms with Gasteiger partial charge >= 0.3 is 0 Å². The van der Waals surface area contributed by atoms with Gasteiger partial charge in [-0.3, -0.25) is 4.79 Å². The minimum Gasteiger partial charge on any atom is -0.384 e. The van der Waals surface area contributed by atoms with E-state index in [1.165, 1.54) is 36.0 Å². The molecular formula is C18H20FNO2S. The molecule has 0 aromatic heterocycles. The Balaban J connectivity index is 1.91. The molecule has 3 nitrogen and oxygen atoms in total. The van der Waals surface area contributed by atoms with Crippen LogP contribution in [0.4, 0.5) is 4.39 Å². The number of carbonyl (C=O) groups is 1. The molecule has 2 rings (SSSR count). The lowest BCUT2D eigenvalue weighted by Crippen LogP contribution is -2.41. The molecule has 0 saturated carbocycles. The van der Waals surface area contributed by atoms with Crippen LogP contribution in [0, 0.1) is 5.82 Å². The van der Waals surface area contributed by atoms with Crippen LogP contribution in [0.5, 0.6) is 0 Å². The molecule has 0 aliphatic heterocycles. The summed E-state index contributed by atoms with van der Waals surface area (Å²) >= 11 is 1.46. The number of rotatable bonds is 6. The van der Waals surface area contributed by atoms with E-state index in [1.807, 2.05) is 37.3 Å². The Labute approximate surface area is 139 Å². The highest BCUT2D eigenvalue weighted by Gasteiger charge is 2.25. The van der Waals surface area contributed by atoms with Gasteiger partial charge in [-0.25, -0.2) is 4.39 Å². The lowest BCUT2D eigenvalue weighted by molar-refractivity contribution is -0.121. The molecule has 5 heteroatoms. The Morgan fingerprint density at radius 1 is 1.22 bits per heavy atom. The van der Waals surface area contributed by atoms with Crippen LogP contribution >= 0.6 is 11.8 Å². The van der Waals surface area contributed by atoms with Gasteiger partial charge in [-0.05, 0) is 43.7 Å². The summed E-state index contributed by atoms with van der Waals surface area (Å²) in [5, 5.41) is 12.9. The van der Waals surface area contributed by atoms with Crippen molar-refractivity contribution in [3.05, 3.63) is 66.0 Å². The number of carbonyl (C=O) groups excluding carboxylic acids is 1. The van der Waals surface area contributed by atoms with Gasteiger partial charge < -0.3 is 10.4 Å². The Bertz CT molecular complexity index is 644. The number of nitrogens with one attached hydrogen (secondary N) is 1. The second-order valence-corrected chi connectivity index (χ2v) is 6.99. The van der Waals surface area contributed by atoms with Crippen molar-refractivity contribution >= 4 is 17.7 Å². The van der Waals surface area contributed by atoms with Crippen LogP contribution in [0.3, 0.4) is 0 Å². The SMILES string of the molecule is CC(Sc1ccccc1)C(=O)NCC(C)(O)c1ccc(F)cc1. The third-order valence-corrected chi connectivity index (χ3v) is 4.61. The monoisotopic (exact) mass is 333 g/mol. The summed E-state index contributed by atoms with van der Waals surface area (Å²) in [6.45, 7) is 3.48. The Kier molecular flexibility index (Phi) is 5.80. The van der Waals surface area contributed by atoms with Gasteiger partial charge in [0, 0.05) is 4.90 Å². The molecule has 23 heavy (non-hydrogen) atoms. The molecule has 2 N–H and O–H groups in total. The Morgan fingerprint density at radius 2 is 1.83 bits per heavy atom. The summed E-state index contributed by atoms with van der Waals surface area (Å²) in [6.07, 6.45) is 0. The van der Waals surface area contributed by atoms with Gasteiger partial charge in [-0.1, -0.05) is 30.3 Å². The van der Waals surface area contributed by atoms with Crippen molar-refractivity contribution < 1.29 is 14.3 Å². The lowest BCUT2D eigenvalue weighted by atomic mass is 9.96. The van der Waals surface area contributed by atoms with E-state index in [0.29, 0.717) is 5.56 Å². The standard InChI is InChI=1S/C18H20FNO2S/c1-13(23-16-6-4-3-5-7-16)17(21)20-12-18(2,22)14-8-10-15(19)11-9-14/h3-11,13,22H,12H2,1-2H3,(H,20,21). The first-order valence-corrected chi connectivity index (χ1v) is 8.24. The number of halogens is 1. The first-order chi connectivity index (χ1) is 10.9. The van der Waals surface area contributed by atoms with Crippen LogP contribution in [0.25, 0.3) is 0 Å². The predicted octanol–water partition coefficient (Wildman–Crippen LogP) is 3.33. The van der Waals surface area contributed by atoms with E-state index >= 15 is 0 Å². The van der Waals surface area contributed by atoms with Gasteiger partial charge in [0.25, 0.3) is 0 Å². The Hall–Kier alpha value is -1.85. The van der Waals surface area contributed by atoms with Crippen molar-refractivity contribution in [1.29, 1.82) is 0 Å². The summed E-state index contributed by atoms with van der Waals surface area (Å²) < 4.78 is 12.9. The highest BCUT2D eigenvalue weighted by molar-refractivity contribution is 8.00. The summed E-state index contributed by atoms with van der Waals surface area (Å²) in [5.74, 6) is -0.511. The predicted molar refractivity (Wildman–Crippen MR) is 90.7 cm³/mol. The number of aliphatic hydroxyl groups is 1. The van der Waals surface area contributed by atoms with Crippen molar-refractivity contribution in [2.75, 3.05) is 6.54 Å². The van der Waals surface area contributed by atoms with Gasteiger partial charge in [0.05, 0.1) is 11.8 Å². The first-order valence-electron chi connectivity index (χ1n) is 7.36. The van der Waals surface area contributed by atoms with Gasteiger partial charge in [0.2, 0.25) is 5.91 Å². The highest BCUT2D eigenvalue weighted by atomic mass is 32.2. The van der Waals surface area contributed by atoms with Crippen molar-refractivity contribution in [3.8, 4) is 0 Å². The fraction of sp³-hybridized carbons (Fsp3) is 0.278. The van der Waals surface area contributed by atoms with Gasteiger partial charge in [-0.2, -0.15) is 0 Å². The molecule has 2 atom stereocenters. The number of hydrogen-bond donors (Lipinski definition) is 2. The quantitative estimate of drug-likeness (QED) is 0.797. The van der Waals surface area contributed by atoms with Crippen LogP contribution in [0.1, 0.15) is 19.4 Å². The van der Waals surface area contributed by atoms with E-state index in [2.05, 4.69) is 5.32 Å². The van der Waals surface area contributed by atoms with E-state index in [4.69, 9.17) is 0 Å². The molecule has 0 heterocycles. The van der Waals surface area contributed by atoms with E-state index in [1.54, 1.807) is 6.92 Å². The van der Waals surface area contributed by atoms with Crippen LogP contribution in [-0.2, 0) is 10.4 Å². The second-order valence-electron chi connectivity index (χ2n) is 5.57. The summed E-state index contributed by atoms with van der Waals surface area (Å²) in [7, 11) is 0. The van der Waals surface area contributed by atoms with E-state index in [-0.39, 0.29) is 23.5 Å². The average Bonchev–Trinajstić information content (AvgIpc) is 2.54. The molecule has 2 aromatic rings. The van der Waals surface area contributed by atoms with E-state index in [0.717, 1.165) is 4.90 Å². The van der Waals surface area contributed by atoms with Crippen LogP contribution in [-0.4, -0.2) is 22.8 Å². The van der Waals surface area contributed by atoms with Crippen LogP contribution in [0.2, 0.25) is 0 Å². The molecule has 0 aliphatic carbocycles. The maximum atomic E-state index is 12.9. The molecular weight excluding hydrogens is 313 g/mol. The number of benzene rings is 2. The molecule has 2 unspecified atom stereocenters. The largest absolute Gasteiger partial charge is 0.384 e. The minimum atomic E-state index is -1.25. The van der Waals surface area contributed by atoms with Crippen molar-refractivity contribution in [2.24, 2.45) is 0 Å². The second kappa shape index (κ2) is 7.62. The fourth-order valence-electron chi connectivity index (χ4n) is 2.07. The van der Waals surface area contributed by atoms with Crippen molar-refractivity contribution in [1.82, 2.24) is 5.32 Å². The van der Waals surface area contributed by atoms with Gasteiger partial charge in [0.1, 0.15) is 11.4 Å². The van der Waals surface area contributed by atoms with E-state index < -0.39 is 5.60 Å². The fourth-order valence-corrected chi connectivity index (χ4v) is 2.98. The normalized spacial score (nSPS) is 14.8. The van der Waals surface area contributed by atoms with Crippen LogP contribution < -0.4 is 5.32 Å². The molecule has 0 spiro atoms. The zero-order chi connectivity index (χ0) is 16.9. The smallest absolute Gasteiger partial charge is 0.233 e. The van der Waals surface area contributed by atoms with Crippen molar-refractivity contribution in [2.45, 2.75) is 29.6 Å². The molecule has 0 saturated heterocycles. The highest BCUT2D eigenvalue weighted by Crippen LogP contribution is 2.24. The lowest BCUT2D eigenvalue weighted by Gasteiger charge is -2.25. The first kappa shape index (κ1) is 17.5. The zero-order valence-corrected chi connectivity index (χ0v) is 13.9. The molecule has 2 aromatic carbocycles. The number of amides is 1. The van der Waals surface area contributed by atoms with Gasteiger partial charge in [-0.15, -0.1) is 11.8 Å². The number of thioether (sulfide) groups is 1. The number of hydrogen-bond acceptors (Lipinski definition) is 3. The molecule has 0 aliphatic rings. The van der Waals surface area contributed by atoms with Crippen molar-refractivity contribution in [3.63, 3.8) is 0 Å².